The zero-order valence-corrected chi connectivity index (χ0v) is 12.2. The summed E-state index contributed by atoms with van der Waals surface area (Å²) in [4.78, 5) is 13.2. The molecular weight excluding hydrogens is 238 g/mol. The molecule has 0 bridgehead atoms. The van der Waals surface area contributed by atoms with E-state index in [0.717, 1.165) is 19.4 Å². The summed E-state index contributed by atoms with van der Waals surface area (Å²) in [5.74, 6) is -0.728. The van der Waals surface area contributed by atoms with Crippen LogP contribution in [0.5, 0.6) is 0 Å². The van der Waals surface area contributed by atoms with Gasteiger partial charge in [0.2, 0.25) is 0 Å². The van der Waals surface area contributed by atoms with Crippen molar-refractivity contribution in [3.63, 3.8) is 0 Å². The van der Waals surface area contributed by atoms with E-state index in [0.29, 0.717) is 6.04 Å². The van der Waals surface area contributed by atoms with Crippen molar-refractivity contribution in [2.75, 3.05) is 6.54 Å². The second-order valence-corrected chi connectivity index (χ2v) is 4.99. The van der Waals surface area contributed by atoms with Gasteiger partial charge in [-0.3, -0.25) is 9.69 Å². The number of carboxylic acid groups (broad SMARTS) is 1. The Balaban J connectivity index is 2.91. The van der Waals surface area contributed by atoms with Crippen LogP contribution in [0.4, 0.5) is 0 Å². The summed E-state index contributed by atoms with van der Waals surface area (Å²) >= 11 is 0. The van der Waals surface area contributed by atoms with Crippen LogP contribution in [0.2, 0.25) is 0 Å². The lowest BCUT2D eigenvalue weighted by Crippen LogP contribution is -2.37. The molecule has 0 saturated heterocycles. The fourth-order valence-corrected chi connectivity index (χ4v) is 2.68. The minimum atomic E-state index is -0.728. The second kappa shape index (κ2) is 7.95. The molecule has 0 heterocycles. The van der Waals surface area contributed by atoms with Crippen molar-refractivity contribution < 1.29 is 9.90 Å². The number of hydrogen-bond donors (Lipinski definition) is 1. The molecule has 0 radical (unpaired) electrons. The maximum absolute atomic E-state index is 10.9. The molecule has 19 heavy (non-hydrogen) atoms. The molecule has 1 aromatic rings. The normalized spacial score (nSPS) is 14.3. The Morgan fingerprint density at radius 3 is 2.37 bits per heavy atom. The highest BCUT2D eigenvalue weighted by atomic mass is 16.4. The predicted molar refractivity (Wildman–Crippen MR) is 78.2 cm³/mol. The Kier molecular flexibility index (Phi) is 6.57. The van der Waals surface area contributed by atoms with Crippen LogP contribution < -0.4 is 0 Å². The largest absolute Gasteiger partial charge is 0.481 e. The molecule has 1 aromatic carbocycles. The number of carboxylic acids is 1. The Morgan fingerprint density at radius 2 is 1.89 bits per heavy atom. The summed E-state index contributed by atoms with van der Waals surface area (Å²) in [7, 11) is 0. The van der Waals surface area contributed by atoms with Gasteiger partial charge in [0.1, 0.15) is 0 Å². The van der Waals surface area contributed by atoms with Gasteiger partial charge >= 0.3 is 5.97 Å². The molecule has 1 N–H and O–H groups in total. The van der Waals surface area contributed by atoms with E-state index in [4.69, 9.17) is 5.11 Å². The number of nitrogens with zero attached hydrogens (tertiary/aromatic N) is 1. The van der Waals surface area contributed by atoms with E-state index >= 15 is 0 Å². The first-order chi connectivity index (χ1) is 9.10. The van der Waals surface area contributed by atoms with Crippen LogP contribution in [0.15, 0.2) is 30.3 Å². The summed E-state index contributed by atoms with van der Waals surface area (Å²) in [5, 5.41) is 8.98. The van der Waals surface area contributed by atoms with Crippen LogP contribution in [0, 0.1) is 0 Å². The van der Waals surface area contributed by atoms with Gasteiger partial charge in [0.25, 0.3) is 0 Å². The summed E-state index contributed by atoms with van der Waals surface area (Å²) in [6, 6.07) is 10.8. The molecule has 0 saturated carbocycles. The molecule has 2 atom stereocenters. The van der Waals surface area contributed by atoms with E-state index in [9.17, 15) is 4.79 Å². The van der Waals surface area contributed by atoms with Crippen LogP contribution >= 0.6 is 0 Å². The van der Waals surface area contributed by atoms with Crippen LogP contribution in [0.25, 0.3) is 0 Å². The minimum Gasteiger partial charge on any atom is -0.481 e. The SMILES string of the molecule is CCCC(c1ccccc1)N(CC)C(C)CC(=O)O. The molecule has 0 aromatic heterocycles. The molecule has 0 aliphatic carbocycles. The summed E-state index contributed by atoms with van der Waals surface area (Å²) in [5.41, 5.74) is 1.28. The average molecular weight is 263 g/mol. The van der Waals surface area contributed by atoms with Crippen molar-refractivity contribution in [1.29, 1.82) is 0 Å². The Labute approximate surface area is 116 Å². The van der Waals surface area contributed by atoms with Gasteiger partial charge in [-0.1, -0.05) is 50.6 Å². The molecule has 0 aliphatic rings. The first-order valence-corrected chi connectivity index (χ1v) is 7.12. The molecule has 2 unspecified atom stereocenters. The van der Waals surface area contributed by atoms with Crippen molar-refractivity contribution in [3.05, 3.63) is 35.9 Å². The van der Waals surface area contributed by atoms with E-state index in [-0.39, 0.29) is 12.5 Å². The van der Waals surface area contributed by atoms with Crippen molar-refractivity contribution >= 4 is 5.97 Å². The third kappa shape index (κ3) is 4.67. The maximum atomic E-state index is 10.9. The van der Waals surface area contributed by atoms with Crippen LogP contribution in [-0.2, 0) is 4.79 Å². The van der Waals surface area contributed by atoms with Gasteiger partial charge < -0.3 is 5.11 Å². The van der Waals surface area contributed by atoms with Crippen LogP contribution in [0.3, 0.4) is 0 Å². The fourth-order valence-electron chi connectivity index (χ4n) is 2.68. The predicted octanol–water partition coefficient (Wildman–Crippen LogP) is 3.71. The minimum absolute atomic E-state index is 0.0549. The highest BCUT2D eigenvalue weighted by Crippen LogP contribution is 2.28. The lowest BCUT2D eigenvalue weighted by Gasteiger charge is -2.35. The molecule has 3 nitrogen and oxygen atoms in total. The van der Waals surface area contributed by atoms with Crippen LogP contribution in [-0.4, -0.2) is 28.6 Å². The second-order valence-electron chi connectivity index (χ2n) is 4.99. The highest BCUT2D eigenvalue weighted by molar-refractivity contribution is 5.67. The van der Waals surface area contributed by atoms with Gasteiger partial charge in [-0.25, -0.2) is 0 Å². The van der Waals surface area contributed by atoms with E-state index in [1.807, 2.05) is 25.1 Å². The maximum Gasteiger partial charge on any atom is 0.304 e. The molecular formula is C16H25NO2. The Morgan fingerprint density at radius 1 is 1.26 bits per heavy atom. The lowest BCUT2D eigenvalue weighted by atomic mass is 9.98. The molecule has 3 heteroatoms. The number of rotatable bonds is 8. The zero-order valence-electron chi connectivity index (χ0n) is 12.2. The van der Waals surface area contributed by atoms with Gasteiger partial charge in [-0.2, -0.15) is 0 Å². The monoisotopic (exact) mass is 263 g/mol. The third-order valence-corrected chi connectivity index (χ3v) is 3.55. The topological polar surface area (TPSA) is 40.5 Å². The first-order valence-electron chi connectivity index (χ1n) is 7.12. The van der Waals surface area contributed by atoms with E-state index in [2.05, 4.69) is 30.9 Å². The van der Waals surface area contributed by atoms with Crippen molar-refractivity contribution in [2.24, 2.45) is 0 Å². The fraction of sp³-hybridized carbons (Fsp3) is 0.562. The van der Waals surface area contributed by atoms with Crippen molar-refractivity contribution in [1.82, 2.24) is 4.90 Å². The zero-order chi connectivity index (χ0) is 14.3. The molecule has 0 spiro atoms. The van der Waals surface area contributed by atoms with Gasteiger partial charge in [-0.05, 0) is 25.5 Å². The number of aliphatic carboxylic acids is 1. The standard InChI is InChI=1S/C16H25NO2/c1-4-9-15(14-10-7-6-8-11-14)17(5-2)13(3)12-16(18)19/h6-8,10-11,13,15H,4-5,9,12H2,1-3H3,(H,18,19). The third-order valence-electron chi connectivity index (χ3n) is 3.55. The molecule has 106 valence electrons. The smallest absolute Gasteiger partial charge is 0.304 e. The van der Waals surface area contributed by atoms with Gasteiger partial charge in [0, 0.05) is 12.1 Å². The molecule has 0 aliphatic heterocycles. The average Bonchev–Trinajstić information content (AvgIpc) is 2.39. The summed E-state index contributed by atoms with van der Waals surface area (Å²) in [6.07, 6.45) is 2.35. The molecule has 0 amide bonds. The highest BCUT2D eigenvalue weighted by Gasteiger charge is 2.24. The van der Waals surface area contributed by atoms with Gasteiger partial charge in [0.15, 0.2) is 0 Å². The summed E-state index contributed by atoms with van der Waals surface area (Å²) < 4.78 is 0. The van der Waals surface area contributed by atoms with Gasteiger partial charge in [0.05, 0.1) is 6.42 Å². The number of hydrogen-bond acceptors (Lipinski definition) is 2. The number of benzene rings is 1. The van der Waals surface area contributed by atoms with Crippen LogP contribution in [0.1, 0.15) is 51.6 Å². The van der Waals surface area contributed by atoms with E-state index in [1.54, 1.807) is 0 Å². The Hall–Kier alpha value is -1.35. The lowest BCUT2D eigenvalue weighted by molar-refractivity contribution is -0.138. The number of carbonyl (C=O) groups is 1. The van der Waals surface area contributed by atoms with Crippen molar-refractivity contribution in [2.45, 2.75) is 52.1 Å². The summed E-state index contributed by atoms with van der Waals surface area (Å²) in [6.45, 7) is 7.15. The van der Waals surface area contributed by atoms with E-state index in [1.165, 1.54) is 5.56 Å². The van der Waals surface area contributed by atoms with E-state index < -0.39 is 5.97 Å². The first kappa shape index (κ1) is 15.7. The Bertz CT molecular complexity index is 378. The van der Waals surface area contributed by atoms with Gasteiger partial charge in [-0.15, -0.1) is 0 Å². The van der Waals surface area contributed by atoms with Crippen molar-refractivity contribution in [3.8, 4) is 0 Å². The molecule has 1 rings (SSSR count). The molecule has 0 fully saturated rings. The quantitative estimate of drug-likeness (QED) is 0.777.